The summed E-state index contributed by atoms with van der Waals surface area (Å²) in [6.07, 6.45) is 1.15. The Hall–Kier alpha value is -1.86. The predicted molar refractivity (Wildman–Crippen MR) is 62.3 cm³/mol. The molecule has 17 heavy (non-hydrogen) atoms. The summed E-state index contributed by atoms with van der Waals surface area (Å²) < 4.78 is 0. The van der Waals surface area contributed by atoms with Gasteiger partial charge in [0.05, 0.1) is 17.7 Å². The smallest absolute Gasteiger partial charge is 0.253 e. The second-order valence-electron chi connectivity index (χ2n) is 4.24. The van der Waals surface area contributed by atoms with E-state index in [1.165, 1.54) is 0 Å². The molecule has 1 aliphatic rings. The standard InChI is InChI=1S/C13H14N2O2/c14-8-10-3-1-4-11(7-10)13(17)15-6-2-5-12(16)9-15/h1,3-4,7,12,16H,2,5-6,9H2/t12-/m1/s1. The van der Waals surface area contributed by atoms with Crippen LogP contribution in [0, 0.1) is 11.3 Å². The molecular weight excluding hydrogens is 216 g/mol. The van der Waals surface area contributed by atoms with Crippen molar-refractivity contribution in [3.63, 3.8) is 0 Å². The van der Waals surface area contributed by atoms with Crippen LogP contribution >= 0.6 is 0 Å². The van der Waals surface area contributed by atoms with Gasteiger partial charge in [0.25, 0.3) is 5.91 Å². The Labute approximate surface area is 100 Å². The van der Waals surface area contributed by atoms with Crippen molar-refractivity contribution in [3.8, 4) is 6.07 Å². The molecule has 0 aliphatic carbocycles. The number of amides is 1. The maximum atomic E-state index is 12.1. The normalized spacial score (nSPS) is 19.8. The van der Waals surface area contributed by atoms with Gasteiger partial charge in [0.15, 0.2) is 0 Å². The van der Waals surface area contributed by atoms with E-state index in [0.29, 0.717) is 24.2 Å². The second-order valence-corrected chi connectivity index (χ2v) is 4.24. The van der Waals surface area contributed by atoms with E-state index in [1.54, 1.807) is 29.2 Å². The molecule has 1 N–H and O–H groups in total. The maximum absolute atomic E-state index is 12.1. The molecule has 1 atom stereocenters. The van der Waals surface area contributed by atoms with Gasteiger partial charge in [-0.05, 0) is 31.0 Å². The van der Waals surface area contributed by atoms with E-state index >= 15 is 0 Å². The minimum atomic E-state index is -0.424. The lowest BCUT2D eigenvalue weighted by atomic mass is 10.1. The van der Waals surface area contributed by atoms with Gasteiger partial charge >= 0.3 is 0 Å². The quantitative estimate of drug-likeness (QED) is 0.787. The first-order valence-electron chi connectivity index (χ1n) is 5.68. The molecule has 1 amide bonds. The van der Waals surface area contributed by atoms with E-state index in [-0.39, 0.29) is 5.91 Å². The molecule has 0 spiro atoms. The Morgan fingerprint density at radius 3 is 3.06 bits per heavy atom. The summed E-state index contributed by atoms with van der Waals surface area (Å²) in [6, 6.07) is 8.67. The minimum absolute atomic E-state index is 0.110. The van der Waals surface area contributed by atoms with Crippen LogP contribution in [0.15, 0.2) is 24.3 Å². The number of likely N-dealkylation sites (tertiary alicyclic amines) is 1. The number of rotatable bonds is 1. The van der Waals surface area contributed by atoms with Crippen molar-refractivity contribution in [1.29, 1.82) is 5.26 Å². The summed E-state index contributed by atoms with van der Waals surface area (Å²) in [5, 5.41) is 18.3. The highest BCUT2D eigenvalue weighted by molar-refractivity contribution is 5.94. The van der Waals surface area contributed by atoms with Crippen LogP contribution in [0.5, 0.6) is 0 Å². The first kappa shape index (κ1) is 11.6. The van der Waals surface area contributed by atoms with Crippen molar-refractivity contribution in [1.82, 2.24) is 4.90 Å². The summed E-state index contributed by atoms with van der Waals surface area (Å²) >= 11 is 0. The number of aliphatic hydroxyl groups is 1. The van der Waals surface area contributed by atoms with Crippen LogP contribution in [0.1, 0.15) is 28.8 Å². The molecule has 1 saturated heterocycles. The Kier molecular flexibility index (Phi) is 3.40. The van der Waals surface area contributed by atoms with Crippen LogP contribution in [0.25, 0.3) is 0 Å². The van der Waals surface area contributed by atoms with Crippen LogP contribution in [0.2, 0.25) is 0 Å². The number of benzene rings is 1. The average Bonchev–Trinajstić information content (AvgIpc) is 2.38. The summed E-state index contributed by atoms with van der Waals surface area (Å²) in [5.41, 5.74) is 0.992. The Bertz CT molecular complexity index is 465. The number of piperidine rings is 1. The monoisotopic (exact) mass is 230 g/mol. The van der Waals surface area contributed by atoms with E-state index in [2.05, 4.69) is 0 Å². The average molecular weight is 230 g/mol. The van der Waals surface area contributed by atoms with Crippen LogP contribution in [-0.4, -0.2) is 35.1 Å². The van der Waals surface area contributed by atoms with Gasteiger partial charge in [0, 0.05) is 18.7 Å². The van der Waals surface area contributed by atoms with E-state index in [1.807, 2.05) is 6.07 Å². The van der Waals surface area contributed by atoms with Crippen LogP contribution in [0.4, 0.5) is 0 Å². The lowest BCUT2D eigenvalue weighted by molar-refractivity contribution is 0.0474. The number of nitriles is 1. The molecule has 0 bridgehead atoms. The van der Waals surface area contributed by atoms with Gasteiger partial charge in [-0.25, -0.2) is 0 Å². The molecule has 1 aromatic rings. The third-order valence-corrected chi connectivity index (χ3v) is 2.92. The summed E-state index contributed by atoms with van der Waals surface area (Å²) in [5.74, 6) is -0.110. The van der Waals surface area contributed by atoms with Crippen LogP contribution < -0.4 is 0 Å². The number of nitrogens with zero attached hydrogens (tertiary/aromatic N) is 2. The van der Waals surface area contributed by atoms with E-state index < -0.39 is 6.10 Å². The van der Waals surface area contributed by atoms with Crippen molar-refractivity contribution >= 4 is 5.91 Å². The zero-order valence-corrected chi connectivity index (χ0v) is 9.47. The topological polar surface area (TPSA) is 64.3 Å². The molecule has 0 aromatic heterocycles. The number of carbonyl (C=O) groups is 1. The number of hydrogen-bond acceptors (Lipinski definition) is 3. The third kappa shape index (κ3) is 2.63. The molecule has 1 fully saturated rings. The van der Waals surface area contributed by atoms with Crippen molar-refractivity contribution < 1.29 is 9.90 Å². The molecule has 4 heteroatoms. The van der Waals surface area contributed by atoms with Crippen molar-refractivity contribution in [2.75, 3.05) is 13.1 Å². The zero-order chi connectivity index (χ0) is 12.3. The first-order chi connectivity index (χ1) is 8.20. The van der Waals surface area contributed by atoms with E-state index in [4.69, 9.17) is 5.26 Å². The molecule has 1 aromatic carbocycles. The van der Waals surface area contributed by atoms with Gasteiger partial charge in [-0.15, -0.1) is 0 Å². The highest BCUT2D eigenvalue weighted by atomic mass is 16.3. The van der Waals surface area contributed by atoms with Crippen LogP contribution in [-0.2, 0) is 0 Å². The zero-order valence-electron chi connectivity index (χ0n) is 9.47. The number of β-amino-alcohol motifs (C(OH)–C–C–N with tert-alkyl or cyclic N) is 1. The Morgan fingerprint density at radius 2 is 2.35 bits per heavy atom. The summed E-state index contributed by atoms with van der Waals surface area (Å²) in [7, 11) is 0. The predicted octanol–water partition coefficient (Wildman–Crippen LogP) is 1.16. The number of carbonyl (C=O) groups excluding carboxylic acids is 1. The highest BCUT2D eigenvalue weighted by Gasteiger charge is 2.22. The Morgan fingerprint density at radius 1 is 1.53 bits per heavy atom. The van der Waals surface area contributed by atoms with Crippen molar-refractivity contribution in [2.24, 2.45) is 0 Å². The van der Waals surface area contributed by atoms with Gasteiger partial charge in [-0.2, -0.15) is 5.26 Å². The van der Waals surface area contributed by atoms with Gasteiger partial charge in [0.2, 0.25) is 0 Å². The lowest BCUT2D eigenvalue weighted by Gasteiger charge is -2.30. The summed E-state index contributed by atoms with van der Waals surface area (Å²) in [6.45, 7) is 1.06. The van der Waals surface area contributed by atoms with E-state index in [0.717, 1.165) is 12.8 Å². The Balaban J connectivity index is 2.16. The SMILES string of the molecule is N#Cc1cccc(C(=O)N2CCC[C@@H](O)C2)c1. The van der Waals surface area contributed by atoms with Crippen molar-refractivity contribution in [3.05, 3.63) is 35.4 Å². The second kappa shape index (κ2) is 4.98. The maximum Gasteiger partial charge on any atom is 0.253 e. The number of hydrogen-bond donors (Lipinski definition) is 1. The minimum Gasteiger partial charge on any atom is -0.391 e. The molecule has 88 valence electrons. The molecule has 4 nitrogen and oxygen atoms in total. The van der Waals surface area contributed by atoms with Crippen molar-refractivity contribution in [2.45, 2.75) is 18.9 Å². The third-order valence-electron chi connectivity index (χ3n) is 2.92. The molecular formula is C13H14N2O2. The molecule has 1 aliphatic heterocycles. The number of aliphatic hydroxyl groups excluding tert-OH is 1. The summed E-state index contributed by atoms with van der Waals surface area (Å²) in [4.78, 5) is 13.8. The molecule has 2 rings (SSSR count). The van der Waals surface area contributed by atoms with Gasteiger partial charge in [0.1, 0.15) is 0 Å². The van der Waals surface area contributed by atoms with Gasteiger partial charge < -0.3 is 10.0 Å². The molecule has 0 radical (unpaired) electrons. The first-order valence-corrected chi connectivity index (χ1v) is 5.68. The van der Waals surface area contributed by atoms with E-state index in [9.17, 15) is 9.90 Å². The molecule has 0 saturated carbocycles. The molecule has 1 heterocycles. The largest absolute Gasteiger partial charge is 0.391 e. The fourth-order valence-corrected chi connectivity index (χ4v) is 2.04. The lowest BCUT2D eigenvalue weighted by Crippen LogP contribution is -2.42. The fourth-order valence-electron chi connectivity index (χ4n) is 2.04. The van der Waals surface area contributed by atoms with Gasteiger partial charge in [-0.1, -0.05) is 6.07 Å². The van der Waals surface area contributed by atoms with Gasteiger partial charge in [-0.3, -0.25) is 4.79 Å². The fraction of sp³-hybridized carbons (Fsp3) is 0.385. The molecule has 0 unspecified atom stereocenters. The highest BCUT2D eigenvalue weighted by Crippen LogP contribution is 2.14. The van der Waals surface area contributed by atoms with Crippen LogP contribution in [0.3, 0.4) is 0 Å².